The fourth-order valence-electron chi connectivity index (χ4n) is 1.86. The van der Waals surface area contributed by atoms with Crippen LogP contribution in [-0.4, -0.2) is 44.5 Å². The third-order valence-electron chi connectivity index (χ3n) is 3.56. The van der Waals surface area contributed by atoms with Crippen LogP contribution in [0.5, 0.6) is 5.75 Å². The predicted octanol–water partition coefficient (Wildman–Crippen LogP) is 1.70. The molecule has 1 amide bonds. The van der Waals surface area contributed by atoms with Gasteiger partial charge in [-0.15, -0.1) is 0 Å². The molecule has 0 bridgehead atoms. The minimum absolute atomic E-state index is 0.217. The van der Waals surface area contributed by atoms with Crippen molar-refractivity contribution in [2.45, 2.75) is 38.2 Å². The standard InChI is InChI=1S/C16H23NO6S/c1-10(2)24(20,21)12(4)16(19)17-14-7-6-13(8-11(14)3)23-9-15(18)22-5/h6-8,10,12H,9H2,1-5H3,(H,17,19). The Morgan fingerprint density at radius 1 is 1.21 bits per heavy atom. The lowest BCUT2D eigenvalue weighted by Crippen LogP contribution is -2.36. The van der Waals surface area contributed by atoms with E-state index in [4.69, 9.17) is 4.74 Å². The third-order valence-corrected chi connectivity index (χ3v) is 6.07. The van der Waals surface area contributed by atoms with Crippen molar-refractivity contribution in [3.8, 4) is 5.75 Å². The average molecular weight is 357 g/mol. The van der Waals surface area contributed by atoms with Crippen LogP contribution in [-0.2, 0) is 24.2 Å². The number of sulfone groups is 1. The summed E-state index contributed by atoms with van der Waals surface area (Å²) in [4.78, 5) is 23.2. The molecule has 8 heteroatoms. The number of methoxy groups -OCH3 is 1. The summed E-state index contributed by atoms with van der Waals surface area (Å²) in [6.45, 7) is 5.97. The Bertz CT molecular complexity index is 711. The van der Waals surface area contributed by atoms with Gasteiger partial charge >= 0.3 is 5.97 Å². The van der Waals surface area contributed by atoms with Crippen LogP contribution in [0.15, 0.2) is 18.2 Å². The van der Waals surface area contributed by atoms with Crippen molar-refractivity contribution < 1.29 is 27.5 Å². The van der Waals surface area contributed by atoms with E-state index in [0.29, 0.717) is 17.0 Å². The summed E-state index contributed by atoms with van der Waals surface area (Å²) in [7, 11) is -2.26. The number of rotatable bonds is 7. The van der Waals surface area contributed by atoms with Gasteiger partial charge in [0.15, 0.2) is 16.4 Å². The maximum absolute atomic E-state index is 12.2. The molecule has 0 saturated heterocycles. The third kappa shape index (κ3) is 4.95. The van der Waals surface area contributed by atoms with E-state index >= 15 is 0 Å². The van der Waals surface area contributed by atoms with E-state index in [1.54, 1.807) is 25.1 Å². The zero-order valence-corrected chi connectivity index (χ0v) is 15.3. The number of hydrogen-bond donors (Lipinski definition) is 1. The average Bonchev–Trinajstić information content (AvgIpc) is 2.53. The second kappa shape index (κ2) is 8.14. The molecule has 0 fully saturated rings. The lowest BCUT2D eigenvalue weighted by molar-refractivity contribution is -0.142. The highest BCUT2D eigenvalue weighted by atomic mass is 32.2. The molecule has 1 atom stereocenters. The highest BCUT2D eigenvalue weighted by molar-refractivity contribution is 7.93. The normalized spacial score (nSPS) is 12.6. The summed E-state index contributed by atoms with van der Waals surface area (Å²) in [6, 6.07) is 4.81. The Hall–Kier alpha value is -2.09. The number of benzene rings is 1. The molecule has 0 radical (unpaired) electrons. The largest absolute Gasteiger partial charge is 0.482 e. The highest BCUT2D eigenvalue weighted by Crippen LogP contribution is 2.22. The molecule has 0 aliphatic carbocycles. The van der Waals surface area contributed by atoms with Gasteiger partial charge in [-0.2, -0.15) is 0 Å². The monoisotopic (exact) mass is 357 g/mol. The van der Waals surface area contributed by atoms with E-state index < -0.39 is 32.2 Å². The van der Waals surface area contributed by atoms with Gasteiger partial charge in [-0.25, -0.2) is 13.2 Å². The van der Waals surface area contributed by atoms with Gasteiger partial charge in [0.1, 0.15) is 11.0 Å². The number of ether oxygens (including phenoxy) is 2. The van der Waals surface area contributed by atoms with Gasteiger partial charge in [-0.3, -0.25) is 4.79 Å². The number of carbonyl (C=O) groups is 2. The molecule has 1 N–H and O–H groups in total. The predicted molar refractivity (Wildman–Crippen MR) is 90.8 cm³/mol. The Labute approximate surface area is 142 Å². The van der Waals surface area contributed by atoms with E-state index in [0.717, 1.165) is 0 Å². The van der Waals surface area contributed by atoms with Crippen molar-refractivity contribution in [1.29, 1.82) is 0 Å². The first-order valence-electron chi connectivity index (χ1n) is 7.43. The van der Waals surface area contributed by atoms with Crippen LogP contribution >= 0.6 is 0 Å². The Balaban J connectivity index is 2.82. The van der Waals surface area contributed by atoms with E-state index in [-0.39, 0.29) is 6.61 Å². The van der Waals surface area contributed by atoms with Gasteiger partial charge in [0, 0.05) is 5.69 Å². The maximum atomic E-state index is 12.2. The summed E-state index contributed by atoms with van der Waals surface area (Å²) in [5, 5.41) is 0.832. The van der Waals surface area contributed by atoms with Crippen LogP contribution in [0.3, 0.4) is 0 Å². The topological polar surface area (TPSA) is 98.8 Å². The molecule has 0 spiro atoms. The molecule has 1 unspecified atom stereocenters. The first-order valence-corrected chi connectivity index (χ1v) is 9.04. The number of carbonyl (C=O) groups excluding carboxylic acids is 2. The second-order valence-corrected chi connectivity index (χ2v) is 8.44. The smallest absolute Gasteiger partial charge is 0.343 e. The van der Waals surface area contributed by atoms with Gasteiger partial charge in [0.2, 0.25) is 5.91 Å². The highest BCUT2D eigenvalue weighted by Gasteiger charge is 2.30. The summed E-state index contributed by atoms with van der Waals surface area (Å²) in [5.74, 6) is -0.647. The molecule has 0 heterocycles. The molecule has 7 nitrogen and oxygen atoms in total. The van der Waals surface area contributed by atoms with Crippen molar-refractivity contribution in [2.24, 2.45) is 0 Å². The molecule has 1 rings (SSSR count). The van der Waals surface area contributed by atoms with Crippen LogP contribution in [0.1, 0.15) is 26.3 Å². The van der Waals surface area contributed by atoms with E-state index in [9.17, 15) is 18.0 Å². The van der Waals surface area contributed by atoms with Crippen molar-refractivity contribution in [3.63, 3.8) is 0 Å². The van der Waals surface area contributed by atoms with Crippen LogP contribution in [0, 0.1) is 6.92 Å². The number of amides is 1. The summed E-state index contributed by atoms with van der Waals surface area (Å²) in [5.41, 5.74) is 1.16. The molecular weight excluding hydrogens is 334 g/mol. The molecule has 0 aromatic heterocycles. The van der Waals surface area contributed by atoms with Crippen molar-refractivity contribution >= 4 is 27.4 Å². The number of aryl methyl sites for hydroxylation is 1. The van der Waals surface area contributed by atoms with Gasteiger partial charge in [-0.05, 0) is 51.5 Å². The fourth-order valence-corrected chi connectivity index (χ4v) is 3.03. The lowest BCUT2D eigenvalue weighted by atomic mass is 10.2. The van der Waals surface area contributed by atoms with Crippen LogP contribution < -0.4 is 10.1 Å². The second-order valence-electron chi connectivity index (χ2n) is 5.61. The number of anilines is 1. The van der Waals surface area contributed by atoms with Crippen LogP contribution in [0.4, 0.5) is 5.69 Å². The Morgan fingerprint density at radius 3 is 2.33 bits per heavy atom. The molecule has 0 aliphatic rings. The Morgan fingerprint density at radius 2 is 1.83 bits per heavy atom. The lowest BCUT2D eigenvalue weighted by Gasteiger charge is -2.17. The Kier molecular flexibility index (Phi) is 6.77. The first-order chi connectivity index (χ1) is 11.1. The zero-order chi connectivity index (χ0) is 18.5. The zero-order valence-electron chi connectivity index (χ0n) is 14.5. The summed E-state index contributed by atoms with van der Waals surface area (Å²) in [6.07, 6.45) is 0. The molecule has 134 valence electrons. The van der Waals surface area contributed by atoms with E-state index in [2.05, 4.69) is 10.1 Å². The quantitative estimate of drug-likeness (QED) is 0.746. The molecule has 24 heavy (non-hydrogen) atoms. The van der Waals surface area contributed by atoms with Crippen molar-refractivity contribution in [3.05, 3.63) is 23.8 Å². The minimum atomic E-state index is -3.53. The number of esters is 1. The summed E-state index contributed by atoms with van der Waals surface area (Å²) >= 11 is 0. The number of nitrogens with one attached hydrogen (secondary N) is 1. The molecular formula is C16H23NO6S. The molecule has 1 aromatic rings. The van der Waals surface area contributed by atoms with Crippen molar-refractivity contribution in [1.82, 2.24) is 0 Å². The van der Waals surface area contributed by atoms with Crippen LogP contribution in [0.25, 0.3) is 0 Å². The van der Waals surface area contributed by atoms with Crippen molar-refractivity contribution in [2.75, 3.05) is 19.0 Å². The molecule has 1 aromatic carbocycles. The molecule has 0 aliphatic heterocycles. The van der Waals surface area contributed by atoms with E-state index in [1.807, 2.05) is 0 Å². The van der Waals surface area contributed by atoms with Gasteiger partial charge in [-0.1, -0.05) is 0 Å². The minimum Gasteiger partial charge on any atom is -0.482 e. The maximum Gasteiger partial charge on any atom is 0.343 e. The SMILES string of the molecule is COC(=O)COc1ccc(NC(=O)C(C)S(=O)(=O)C(C)C)c(C)c1. The fraction of sp³-hybridized carbons (Fsp3) is 0.500. The van der Waals surface area contributed by atoms with Gasteiger partial charge in [0.05, 0.1) is 12.4 Å². The molecule has 0 saturated carbocycles. The summed E-state index contributed by atoms with van der Waals surface area (Å²) < 4.78 is 33.8. The first kappa shape index (κ1) is 20.0. The van der Waals surface area contributed by atoms with E-state index in [1.165, 1.54) is 27.9 Å². The van der Waals surface area contributed by atoms with Gasteiger partial charge < -0.3 is 14.8 Å². The van der Waals surface area contributed by atoms with Crippen LogP contribution in [0.2, 0.25) is 0 Å². The van der Waals surface area contributed by atoms with Gasteiger partial charge in [0.25, 0.3) is 0 Å². The number of hydrogen-bond acceptors (Lipinski definition) is 6.